The lowest BCUT2D eigenvalue weighted by Gasteiger charge is -2.13. The Hall–Kier alpha value is -1.68. The standard InChI is InChI=1S/C11H13N3O/c12-11(15)10-2-1-9(7-14-10)8-3-5-13-6-4-8/h1-3,7,13H,4-6H2,(H2,12,15). The average molecular weight is 203 g/mol. The van der Waals surface area contributed by atoms with Crippen LogP contribution in [0.2, 0.25) is 0 Å². The van der Waals surface area contributed by atoms with Gasteiger partial charge in [-0.15, -0.1) is 0 Å². The third-order valence-corrected chi connectivity index (χ3v) is 2.45. The van der Waals surface area contributed by atoms with Crippen LogP contribution in [-0.2, 0) is 0 Å². The molecule has 1 aromatic rings. The summed E-state index contributed by atoms with van der Waals surface area (Å²) in [5.74, 6) is -0.485. The van der Waals surface area contributed by atoms with Gasteiger partial charge in [0.25, 0.3) is 5.91 Å². The van der Waals surface area contributed by atoms with Crippen LogP contribution in [0.4, 0.5) is 0 Å². The fourth-order valence-electron chi connectivity index (χ4n) is 1.61. The lowest BCUT2D eigenvalue weighted by Crippen LogP contribution is -2.20. The van der Waals surface area contributed by atoms with Crippen LogP contribution in [0.3, 0.4) is 0 Å². The molecule has 0 radical (unpaired) electrons. The molecule has 1 aliphatic heterocycles. The summed E-state index contributed by atoms with van der Waals surface area (Å²) >= 11 is 0. The van der Waals surface area contributed by atoms with Gasteiger partial charge in [0.1, 0.15) is 5.69 Å². The van der Waals surface area contributed by atoms with Gasteiger partial charge in [0.2, 0.25) is 0 Å². The van der Waals surface area contributed by atoms with Crippen molar-refractivity contribution in [3.05, 3.63) is 35.7 Å². The number of carbonyl (C=O) groups excluding carboxylic acids is 1. The lowest BCUT2D eigenvalue weighted by molar-refractivity contribution is 0.0995. The van der Waals surface area contributed by atoms with Crippen LogP contribution in [0.15, 0.2) is 24.4 Å². The number of rotatable bonds is 2. The maximum absolute atomic E-state index is 10.8. The van der Waals surface area contributed by atoms with Crippen molar-refractivity contribution in [3.8, 4) is 0 Å². The second kappa shape index (κ2) is 4.23. The van der Waals surface area contributed by atoms with Gasteiger partial charge in [-0.25, -0.2) is 0 Å². The van der Waals surface area contributed by atoms with Crippen molar-refractivity contribution in [1.82, 2.24) is 10.3 Å². The fourth-order valence-corrected chi connectivity index (χ4v) is 1.61. The Morgan fingerprint density at radius 3 is 2.87 bits per heavy atom. The highest BCUT2D eigenvalue weighted by molar-refractivity contribution is 5.90. The van der Waals surface area contributed by atoms with Crippen molar-refractivity contribution in [1.29, 1.82) is 0 Å². The summed E-state index contributed by atoms with van der Waals surface area (Å²) in [6.45, 7) is 1.89. The molecule has 0 unspecified atom stereocenters. The number of primary amides is 1. The lowest BCUT2D eigenvalue weighted by atomic mass is 10.0. The van der Waals surface area contributed by atoms with Gasteiger partial charge in [-0.1, -0.05) is 12.1 Å². The monoisotopic (exact) mass is 203 g/mol. The number of carbonyl (C=O) groups is 1. The summed E-state index contributed by atoms with van der Waals surface area (Å²) in [5, 5.41) is 3.24. The molecule has 78 valence electrons. The van der Waals surface area contributed by atoms with Crippen molar-refractivity contribution in [2.24, 2.45) is 5.73 Å². The Balaban J connectivity index is 2.23. The summed E-state index contributed by atoms with van der Waals surface area (Å²) in [6, 6.07) is 3.56. The molecule has 0 aromatic carbocycles. The molecule has 0 aliphatic carbocycles. The van der Waals surface area contributed by atoms with Crippen LogP contribution >= 0.6 is 0 Å². The molecule has 2 rings (SSSR count). The van der Waals surface area contributed by atoms with E-state index in [2.05, 4.69) is 16.4 Å². The van der Waals surface area contributed by atoms with E-state index in [-0.39, 0.29) is 0 Å². The first-order chi connectivity index (χ1) is 7.27. The SMILES string of the molecule is NC(=O)c1ccc(C2=CCNCC2)cn1. The number of nitrogens with two attached hydrogens (primary N) is 1. The Morgan fingerprint density at radius 1 is 1.47 bits per heavy atom. The highest BCUT2D eigenvalue weighted by atomic mass is 16.1. The van der Waals surface area contributed by atoms with Crippen LogP contribution in [0, 0.1) is 0 Å². The molecule has 0 fully saturated rings. The van der Waals surface area contributed by atoms with Crippen LogP contribution in [-0.4, -0.2) is 24.0 Å². The second-order valence-electron chi connectivity index (χ2n) is 3.48. The van der Waals surface area contributed by atoms with Gasteiger partial charge in [-0.3, -0.25) is 9.78 Å². The Bertz CT molecular complexity index is 395. The number of amides is 1. The van der Waals surface area contributed by atoms with E-state index >= 15 is 0 Å². The van der Waals surface area contributed by atoms with E-state index in [1.807, 2.05) is 6.07 Å². The van der Waals surface area contributed by atoms with Crippen LogP contribution in [0.25, 0.3) is 5.57 Å². The van der Waals surface area contributed by atoms with Gasteiger partial charge in [0.05, 0.1) is 0 Å². The molecular weight excluding hydrogens is 190 g/mol. The first-order valence-corrected chi connectivity index (χ1v) is 4.93. The first kappa shape index (κ1) is 9.86. The molecule has 0 atom stereocenters. The number of hydrogen-bond donors (Lipinski definition) is 2. The maximum Gasteiger partial charge on any atom is 0.267 e. The molecule has 1 aliphatic rings. The third-order valence-electron chi connectivity index (χ3n) is 2.45. The van der Waals surface area contributed by atoms with Crippen LogP contribution in [0.5, 0.6) is 0 Å². The molecule has 0 bridgehead atoms. The number of pyridine rings is 1. The fraction of sp³-hybridized carbons (Fsp3) is 0.273. The minimum atomic E-state index is -0.485. The van der Waals surface area contributed by atoms with E-state index in [0.717, 1.165) is 25.1 Å². The van der Waals surface area contributed by atoms with E-state index < -0.39 is 5.91 Å². The molecule has 0 saturated heterocycles. The second-order valence-corrected chi connectivity index (χ2v) is 3.48. The number of nitrogens with zero attached hydrogens (tertiary/aromatic N) is 1. The maximum atomic E-state index is 10.8. The number of aromatic nitrogens is 1. The first-order valence-electron chi connectivity index (χ1n) is 4.93. The average Bonchev–Trinajstić information content (AvgIpc) is 2.30. The minimum Gasteiger partial charge on any atom is -0.364 e. The van der Waals surface area contributed by atoms with E-state index in [1.54, 1.807) is 12.3 Å². The van der Waals surface area contributed by atoms with Gasteiger partial charge >= 0.3 is 0 Å². The Morgan fingerprint density at radius 2 is 2.33 bits per heavy atom. The molecule has 1 aromatic heterocycles. The molecule has 1 amide bonds. The van der Waals surface area contributed by atoms with Gasteiger partial charge < -0.3 is 11.1 Å². The topological polar surface area (TPSA) is 68.0 Å². The molecule has 15 heavy (non-hydrogen) atoms. The smallest absolute Gasteiger partial charge is 0.267 e. The molecule has 0 saturated carbocycles. The van der Waals surface area contributed by atoms with Gasteiger partial charge in [0, 0.05) is 12.7 Å². The van der Waals surface area contributed by atoms with Crippen molar-refractivity contribution in [2.75, 3.05) is 13.1 Å². The summed E-state index contributed by atoms with van der Waals surface area (Å²) in [5.41, 5.74) is 7.78. The Labute approximate surface area is 88.2 Å². The molecule has 3 N–H and O–H groups in total. The van der Waals surface area contributed by atoms with E-state index in [0.29, 0.717) is 5.69 Å². The molecule has 4 heteroatoms. The summed E-state index contributed by atoms with van der Waals surface area (Å²) in [7, 11) is 0. The zero-order chi connectivity index (χ0) is 10.7. The van der Waals surface area contributed by atoms with Crippen LogP contribution in [0.1, 0.15) is 22.5 Å². The summed E-state index contributed by atoms with van der Waals surface area (Å²) < 4.78 is 0. The zero-order valence-corrected chi connectivity index (χ0v) is 8.36. The highest BCUT2D eigenvalue weighted by Gasteiger charge is 2.07. The highest BCUT2D eigenvalue weighted by Crippen LogP contribution is 2.18. The predicted molar refractivity (Wildman–Crippen MR) is 58.2 cm³/mol. The van der Waals surface area contributed by atoms with Crippen LogP contribution < -0.4 is 11.1 Å². The Kier molecular flexibility index (Phi) is 2.78. The quantitative estimate of drug-likeness (QED) is 0.737. The van der Waals surface area contributed by atoms with E-state index in [4.69, 9.17) is 5.73 Å². The molecule has 0 spiro atoms. The normalized spacial score (nSPS) is 15.9. The number of hydrogen-bond acceptors (Lipinski definition) is 3. The molecule has 4 nitrogen and oxygen atoms in total. The summed E-state index contributed by atoms with van der Waals surface area (Å²) in [6.07, 6.45) is 4.85. The van der Waals surface area contributed by atoms with Crippen molar-refractivity contribution >= 4 is 11.5 Å². The van der Waals surface area contributed by atoms with E-state index in [9.17, 15) is 4.79 Å². The van der Waals surface area contributed by atoms with Gasteiger partial charge in [0.15, 0.2) is 0 Å². The largest absolute Gasteiger partial charge is 0.364 e. The van der Waals surface area contributed by atoms with Crippen molar-refractivity contribution in [3.63, 3.8) is 0 Å². The number of nitrogens with one attached hydrogen (secondary N) is 1. The third kappa shape index (κ3) is 2.22. The molecule has 2 heterocycles. The van der Waals surface area contributed by atoms with E-state index in [1.165, 1.54) is 5.57 Å². The van der Waals surface area contributed by atoms with Crippen molar-refractivity contribution in [2.45, 2.75) is 6.42 Å². The molecular formula is C11H13N3O. The minimum absolute atomic E-state index is 0.313. The zero-order valence-electron chi connectivity index (χ0n) is 8.36. The predicted octanol–water partition coefficient (Wildman–Crippen LogP) is 0.557. The van der Waals surface area contributed by atoms with Crippen molar-refractivity contribution < 1.29 is 4.79 Å². The summed E-state index contributed by atoms with van der Waals surface area (Å²) in [4.78, 5) is 14.8. The van der Waals surface area contributed by atoms with Gasteiger partial charge in [-0.2, -0.15) is 0 Å². The van der Waals surface area contributed by atoms with Gasteiger partial charge in [-0.05, 0) is 30.2 Å².